The van der Waals surface area contributed by atoms with E-state index in [4.69, 9.17) is 4.74 Å². The summed E-state index contributed by atoms with van der Waals surface area (Å²) in [5.41, 5.74) is 5.45. The quantitative estimate of drug-likeness (QED) is 0.338. The zero-order valence-electron chi connectivity index (χ0n) is 18.6. The average Bonchev–Trinajstić information content (AvgIpc) is 3.19. The lowest BCUT2D eigenvalue weighted by molar-refractivity contribution is 0.0384. The molecule has 4 nitrogen and oxygen atoms in total. The molecule has 0 atom stereocenters. The van der Waals surface area contributed by atoms with Gasteiger partial charge >= 0.3 is 5.97 Å². The lowest BCUT2D eigenvalue weighted by Crippen LogP contribution is -2.13. The number of amides is 1. The Hall–Kier alpha value is -3.44. The Labute approximate surface area is 191 Å². The molecule has 0 bridgehead atoms. The third kappa shape index (κ3) is 4.58. The van der Waals surface area contributed by atoms with E-state index in [1.54, 1.807) is 0 Å². The highest BCUT2D eigenvalue weighted by atomic mass is 32.1. The first kappa shape index (κ1) is 21.8. The van der Waals surface area contributed by atoms with Crippen molar-refractivity contribution in [1.29, 1.82) is 0 Å². The molecular weight excluding hydrogens is 418 g/mol. The van der Waals surface area contributed by atoms with Crippen LogP contribution in [0.4, 0.5) is 5.69 Å². The van der Waals surface area contributed by atoms with Crippen molar-refractivity contribution in [3.8, 4) is 11.1 Å². The Morgan fingerprint density at radius 3 is 2.41 bits per heavy atom. The molecule has 1 amide bonds. The number of esters is 1. The van der Waals surface area contributed by atoms with Gasteiger partial charge in [-0.3, -0.25) is 4.79 Å². The molecule has 1 N–H and O–H groups in total. The first-order chi connectivity index (χ1) is 15.3. The van der Waals surface area contributed by atoms with Gasteiger partial charge in [0.25, 0.3) is 5.91 Å². The number of carbonyl (C=O) groups excluding carboxylic acids is 2. The van der Waals surface area contributed by atoms with Gasteiger partial charge in [-0.25, -0.2) is 4.79 Å². The van der Waals surface area contributed by atoms with Crippen LogP contribution in [-0.2, 0) is 4.74 Å². The molecule has 0 aliphatic carbocycles. The van der Waals surface area contributed by atoms with Gasteiger partial charge in [0.15, 0.2) is 0 Å². The number of hydrogen-bond acceptors (Lipinski definition) is 4. The van der Waals surface area contributed by atoms with E-state index in [1.807, 2.05) is 75.4 Å². The smallest absolute Gasteiger partial charge is 0.348 e. The molecule has 32 heavy (non-hydrogen) atoms. The maximum absolute atomic E-state index is 13.2. The summed E-state index contributed by atoms with van der Waals surface area (Å²) in [5.74, 6) is -0.524. The molecule has 0 fully saturated rings. The summed E-state index contributed by atoms with van der Waals surface area (Å²) in [4.78, 5) is 26.1. The lowest BCUT2D eigenvalue weighted by Gasteiger charge is -2.11. The van der Waals surface area contributed by atoms with E-state index in [-0.39, 0.29) is 18.0 Å². The van der Waals surface area contributed by atoms with Crippen LogP contribution in [0.15, 0.2) is 66.7 Å². The van der Waals surface area contributed by atoms with Crippen LogP contribution in [0.1, 0.15) is 45.0 Å². The Kier molecular flexibility index (Phi) is 6.10. The molecule has 1 aromatic heterocycles. The topological polar surface area (TPSA) is 55.4 Å². The van der Waals surface area contributed by atoms with E-state index >= 15 is 0 Å². The Balaban J connectivity index is 1.65. The van der Waals surface area contributed by atoms with Crippen LogP contribution in [0.25, 0.3) is 21.2 Å². The average molecular weight is 444 g/mol. The van der Waals surface area contributed by atoms with Crippen LogP contribution in [0.5, 0.6) is 0 Å². The van der Waals surface area contributed by atoms with Crippen LogP contribution in [0.2, 0.25) is 0 Å². The molecule has 1 heterocycles. The standard InChI is InChI=1S/C27H25NO3S/c1-16(2)31-27(30)24-15-21-9-6-10-23(25(21)32-24)28-26(29)22-14-20(12-11-18(22)4)19-8-5-7-17(3)13-19/h5-16H,1-4H3,(H,28,29). The third-order valence-corrected chi connectivity index (χ3v) is 6.33. The molecule has 0 unspecified atom stereocenters. The number of hydrogen-bond donors (Lipinski definition) is 1. The minimum absolute atomic E-state index is 0.177. The first-order valence-electron chi connectivity index (χ1n) is 10.5. The Bertz CT molecular complexity index is 1320. The van der Waals surface area contributed by atoms with Crippen molar-refractivity contribution in [3.05, 3.63) is 88.3 Å². The first-order valence-corrected chi connectivity index (χ1v) is 11.4. The van der Waals surface area contributed by atoms with Gasteiger partial charge in [-0.05, 0) is 68.0 Å². The van der Waals surface area contributed by atoms with Crippen molar-refractivity contribution in [2.45, 2.75) is 33.8 Å². The van der Waals surface area contributed by atoms with Gasteiger partial charge in [-0.1, -0.05) is 54.1 Å². The molecule has 3 aromatic carbocycles. The molecule has 4 aromatic rings. The van der Waals surface area contributed by atoms with Gasteiger partial charge in [0, 0.05) is 5.56 Å². The predicted octanol–water partition coefficient (Wildman–Crippen LogP) is 7.00. The van der Waals surface area contributed by atoms with Gasteiger partial charge in [0.1, 0.15) is 4.88 Å². The van der Waals surface area contributed by atoms with Crippen molar-refractivity contribution in [1.82, 2.24) is 0 Å². The zero-order valence-corrected chi connectivity index (χ0v) is 19.4. The van der Waals surface area contributed by atoms with Crippen LogP contribution >= 0.6 is 11.3 Å². The van der Waals surface area contributed by atoms with Gasteiger partial charge in [-0.2, -0.15) is 0 Å². The summed E-state index contributed by atoms with van der Waals surface area (Å²) in [5, 5.41) is 3.94. The second-order valence-corrected chi connectivity index (χ2v) is 9.19. The summed E-state index contributed by atoms with van der Waals surface area (Å²) in [6, 6.07) is 21.6. The van der Waals surface area contributed by atoms with Gasteiger partial charge in [0.2, 0.25) is 0 Å². The van der Waals surface area contributed by atoms with Crippen molar-refractivity contribution >= 4 is 39.0 Å². The highest BCUT2D eigenvalue weighted by Crippen LogP contribution is 2.33. The molecule has 0 saturated heterocycles. The monoisotopic (exact) mass is 443 g/mol. The van der Waals surface area contributed by atoms with E-state index in [1.165, 1.54) is 16.9 Å². The second kappa shape index (κ2) is 8.97. The van der Waals surface area contributed by atoms with Crippen LogP contribution < -0.4 is 5.32 Å². The van der Waals surface area contributed by atoms with Crippen molar-refractivity contribution in [2.75, 3.05) is 5.32 Å². The number of carbonyl (C=O) groups is 2. The fraction of sp³-hybridized carbons (Fsp3) is 0.185. The molecule has 0 aliphatic heterocycles. The number of anilines is 1. The fourth-order valence-electron chi connectivity index (χ4n) is 3.59. The van der Waals surface area contributed by atoms with E-state index < -0.39 is 0 Å². The molecule has 0 radical (unpaired) electrons. The number of thiophene rings is 1. The highest BCUT2D eigenvalue weighted by molar-refractivity contribution is 7.21. The number of nitrogens with one attached hydrogen (secondary N) is 1. The van der Waals surface area contributed by atoms with Gasteiger partial charge < -0.3 is 10.1 Å². The van der Waals surface area contributed by atoms with E-state index in [9.17, 15) is 9.59 Å². The molecule has 4 rings (SSSR count). The zero-order chi connectivity index (χ0) is 22.8. The van der Waals surface area contributed by atoms with E-state index in [2.05, 4.69) is 24.4 Å². The SMILES string of the molecule is Cc1cccc(-c2ccc(C)c(C(=O)Nc3cccc4cc(C(=O)OC(C)C)sc34)c2)c1. The number of fused-ring (bicyclic) bond motifs is 1. The van der Waals surface area contributed by atoms with Crippen molar-refractivity contribution in [2.24, 2.45) is 0 Å². The number of benzene rings is 3. The van der Waals surface area contributed by atoms with Gasteiger partial charge in [0.05, 0.1) is 16.5 Å². The molecule has 0 spiro atoms. The lowest BCUT2D eigenvalue weighted by atomic mass is 9.98. The van der Waals surface area contributed by atoms with Crippen molar-refractivity contribution in [3.63, 3.8) is 0 Å². The normalized spacial score (nSPS) is 11.0. The molecule has 0 saturated carbocycles. The van der Waals surface area contributed by atoms with Crippen LogP contribution in [0, 0.1) is 13.8 Å². The minimum Gasteiger partial charge on any atom is -0.459 e. The minimum atomic E-state index is -0.347. The number of ether oxygens (including phenoxy) is 1. The molecule has 0 aliphatic rings. The maximum Gasteiger partial charge on any atom is 0.348 e. The largest absolute Gasteiger partial charge is 0.459 e. The second-order valence-electron chi connectivity index (χ2n) is 8.14. The summed E-state index contributed by atoms with van der Waals surface area (Å²) < 4.78 is 6.17. The summed E-state index contributed by atoms with van der Waals surface area (Å²) in [7, 11) is 0. The maximum atomic E-state index is 13.2. The predicted molar refractivity (Wildman–Crippen MR) is 132 cm³/mol. The van der Waals surface area contributed by atoms with Crippen LogP contribution in [0.3, 0.4) is 0 Å². The van der Waals surface area contributed by atoms with Crippen molar-refractivity contribution < 1.29 is 14.3 Å². The van der Waals surface area contributed by atoms with Gasteiger partial charge in [-0.15, -0.1) is 11.3 Å². The van der Waals surface area contributed by atoms with E-state index in [0.717, 1.165) is 26.8 Å². The van der Waals surface area contributed by atoms with Crippen LogP contribution in [-0.4, -0.2) is 18.0 Å². The molecular formula is C27H25NO3S. The third-order valence-electron chi connectivity index (χ3n) is 5.17. The highest BCUT2D eigenvalue weighted by Gasteiger charge is 2.17. The number of rotatable bonds is 5. The van der Waals surface area contributed by atoms with E-state index in [0.29, 0.717) is 16.1 Å². The molecule has 162 valence electrons. The summed E-state index contributed by atoms with van der Waals surface area (Å²) >= 11 is 1.33. The Morgan fingerprint density at radius 2 is 1.66 bits per heavy atom. The summed E-state index contributed by atoms with van der Waals surface area (Å²) in [6.07, 6.45) is -0.185. The summed E-state index contributed by atoms with van der Waals surface area (Å²) in [6.45, 7) is 7.63. The number of aryl methyl sites for hydroxylation is 2. The molecule has 5 heteroatoms. The Morgan fingerprint density at radius 1 is 0.906 bits per heavy atom. The fourth-order valence-corrected chi connectivity index (χ4v) is 4.61.